The Morgan fingerprint density at radius 2 is 2.14 bits per heavy atom. The van der Waals surface area contributed by atoms with Gasteiger partial charge < -0.3 is 21.3 Å². The van der Waals surface area contributed by atoms with Crippen molar-refractivity contribution in [2.75, 3.05) is 37.3 Å². The molecule has 0 saturated carbocycles. The molecule has 0 bridgehead atoms. The van der Waals surface area contributed by atoms with Gasteiger partial charge >= 0.3 is 0 Å². The summed E-state index contributed by atoms with van der Waals surface area (Å²) in [6, 6.07) is 0. The number of hydrogen-bond donors (Lipinski definition) is 3. The van der Waals surface area contributed by atoms with Crippen molar-refractivity contribution >= 4 is 33.8 Å². The first-order chi connectivity index (χ1) is 9.99. The number of nitrogens with two attached hydrogens (primary N) is 1. The highest BCUT2D eigenvalue weighted by Crippen LogP contribution is 2.40. The number of hydrogen-bond acceptors (Lipinski definition) is 5. The largest absolute Gasteiger partial charge is 0.397 e. The molecule has 6 nitrogen and oxygen atoms in total. The van der Waals surface area contributed by atoms with Crippen molar-refractivity contribution in [2.45, 2.75) is 20.3 Å². The molecule has 0 aromatic carbocycles. The Morgan fingerprint density at radius 1 is 1.43 bits per heavy atom. The fourth-order valence-electron chi connectivity index (χ4n) is 2.53. The van der Waals surface area contributed by atoms with E-state index in [1.807, 2.05) is 6.92 Å². The van der Waals surface area contributed by atoms with Gasteiger partial charge in [-0.3, -0.25) is 9.59 Å². The second-order valence-electron chi connectivity index (χ2n) is 5.30. The topological polar surface area (TPSA) is 87.5 Å². The highest BCUT2D eigenvalue weighted by atomic mass is 32.1. The molecule has 1 aromatic heterocycles. The lowest BCUT2D eigenvalue weighted by Crippen LogP contribution is -2.25. The minimum Gasteiger partial charge on any atom is -0.397 e. The van der Waals surface area contributed by atoms with E-state index in [1.54, 1.807) is 7.05 Å². The van der Waals surface area contributed by atoms with Gasteiger partial charge in [-0.25, -0.2) is 0 Å². The lowest BCUT2D eigenvalue weighted by molar-refractivity contribution is 0.0959. The minimum atomic E-state index is -0.242. The average molecular weight is 310 g/mol. The van der Waals surface area contributed by atoms with E-state index in [-0.39, 0.29) is 17.5 Å². The molecule has 0 aliphatic carbocycles. The van der Waals surface area contributed by atoms with Crippen LogP contribution in [0.5, 0.6) is 0 Å². The van der Waals surface area contributed by atoms with Crippen molar-refractivity contribution in [2.24, 2.45) is 5.92 Å². The number of thiophene rings is 1. The van der Waals surface area contributed by atoms with E-state index >= 15 is 0 Å². The lowest BCUT2D eigenvalue weighted by atomic mass is 10.2. The van der Waals surface area contributed by atoms with E-state index in [9.17, 15) is 9.59 Å². The van der Waals surface area contributed by atoms with Crippen LogP contribution in [0.3, 0.4) is 0 Å². The Morgan fingerprint density at radius 3 is 2.67 bits per heavy atom. The van der Waals surface area contributed by atoms with E-state index in [1.165, 1.54) is 11.3 Å². The van der Waals surface area contributed by atoms with Crippen LogP contribution in [0.25, 0.3) is 0 Å². The van der Waals surface area contributed by atoms with Gasteiger partial charge in [-0.05, 0) is 19.3 Å². The predicted octanol–water partition coefficient (Wildman–Crippen LogP) is 1.29. The third-order valence-corrected chi connectivity index (χ3v) is 4.90. The summed E-state index contributed by atoms with van der Waals surface area (Å²) in [5, 5.41) is 6.15. The molecule has 0 radical (unpaired) electrons. The van der Waals surface area contributed by atoms with Gasteiger partial charge in [0.25, 0.3) is 11.8 Å². The summed E-state index contributed by atoms with van der Waals surface area (Å²) in [5.74, 6) is 0.122. The number of carbonyl (C=O) groups excluding carboxylic acids is 2. The van der Waals surface area contributed by atoms with E-state index in [0.29, 0.717) is 22.9 Å². The van der Waals surface area contributed by atoms with Crippen molar-refractivity contribution in [3.05, 3.63) is 10.4 Å². The molecule has 1 saturated heterocycles. The van der Waals surface area contributed by atoms with Crippen LogP contribution < -0.4 is 21.3 Å². The molecular weight excluding hydrogens is 288 g/mol. The number of carbonyl (C=O) groups is 2. The highest BCUT2D eigenvalue weighted by molar-refractivity contribution is 7.19. The van der Waals surface area contributed by atoms with Crippen molar-refractivity contribution in [1.29, 1.82) is 0 Å². The third kappa shape index (κ3) is 2.97. The van der Waals surface area contributed by atoms with Crippen LogP contribution in [0.1, 0.15) is 40.3 Å². The van der Waals surface area contributed by atoms with Gasteiger partial charge in [-0.15, -0.1) is 11.3 Å². The van der Waals surface area contributed by atoms with Crippen LogP contribution in [0.2, 0.25) is 0 Å². The molecule has 1 aromatic rings. The van der Waals surface area contributed by atoms with E-state index in [2.05, 4.69) is 22.5 Å². The average Bonchev–Trinajstić information content (AvgIpc) is 3.02. The monoisotopic (exact) mass is 310 g/mol. The van der Waals surface area contributed by atoms with Crippen molar-refractivity contribution in [1.82, 2.24) is 10.6 Å². The molecule has 1 atom stereocenters. The summed E-state index contributed by atoms with van der Waals surface area (Å²) in [4.78, 5) is 26.8. The molecule has 1 unspecified atom stereocenters. The third-order valence-electron chi connectivity index (χ3n) is 3.64. The number of anilines is 2. The summed E-state index contributed by atoms with van der Waals surface area (Å²) < 4.78 is 0. The molecule has 0 spiro atoms. The quantitative estimate of drug-likeness (QED) is 0.782. The molecule has 2 amide bonds. The van der Waals surface area contributed by atoms with Gasteiger partial charge in [0.2, 0.25) is 0 Å². The van der Waals surface area contributed by atoms with Crippen molar-refractivity contribution in [3.63, 3.8) is 0 Å². The lowest BCUT2D eigenvalue weighted by Gasteiger charge is -2.17. The van der Waals surface area contributed by atoms with Crippen LogP contribution >= 0.6 is 11.3 Å². The molecule has 2 rings (SSSR count). The van der Waals surface area contributed by atoms with Crippen LogP contribution in [-0.4, -0.2) is 38.5 Å². The summed E-state index contributed by atoms with van der Waals surface area (Å²) in [6.45, 7) is 6.34. The molecule has 1 aliphatic rings. The minimum absolute atomic E-state index is 0.219. The van der Waals surface area contributed by atoms with E-state index in [0.717, 1.165) is 24.5 Å². The number of rotatable bonds is 4. The standard InChI is InChI=1S/C14H22N4O2S/c1-4-17-13(20)11-10(15)9(12(19)16-3)14(21-11)18-6-5-8(2)7-18/h8H,4-7,15H2,1-3H3,(H,16,19)(H,17,20). The van der Waals surface area contributed by atoms with Crippen molar-refractivity contribution in [3.8, 4) is 0 Å². The van der Waals surface area contributed by atoms with E-state index in [4.69, 9.17) is 5.73 Å². The molecule has 21 heavy (non-hydrogen) atoms. The maximum absolute atomic E-state index is 12.1. The predicted molar refractivity (Wildman–Crippen MR) is 86.1 cm³/mol. The molecule has 116 valence electrons. The Labute approximate surface area is 128 Å². The number of nitrogens with zero attached hydrogens (tertiary/aromatic N) is 1. The van der Waals surface area contributed by atoms with Crippen molar-refractivity contribution < 1.29 is 9.59 Å². The van der Waals surface area contributed by atoms with Gasteiger partial charge in [-0.1, -0.05) is 6.92 Å². The van der Waals surface area contributed by atoms with E-state index < -0.39 is 0 Å². The Kier molecular flexibility index (Phi) is 4.72. The second-order valence-corrected chi connectivity index (χ2v) is 6.30. The fourth-order valence-corrected chi connectivity index (χ4v) is 3.70. The zero-order chi connectivity index (χ0) is 15.6. The van der Waals surface area contributed by atoms with Crippen LogP contribution in [0.4, 0.5) is 10.7 Å². The first kappa shape index (κ1) is 15.6. The summed E-state index contributed by atoms with van der Waals surface area (Å²) in [6.07, 6.45) is 1.08. The molecule has 4 N–H and O–H groups in total. The maximum atomic E-state index is 12.1. The Bertz CT molecular complexity index is 555. The zero-order valence-corrected chi connectivity index (χ0v) is 13.5. The SMILES string of the molecule is CCNC(=O)c1sc(N2CCC(C)C2)c(C(=O)NC)c1N. The van der Waals surface area contributed by atoms with Gasteiger partial charge in [0.15, 0.2) is 0 Å². The maximum Gasteiger partial charge on any atom is 0.263 e. The van der Waals surface area contributed by atoms with Crippen LogP contribution in [-0.2, 0) is 0 Å². The summed E-state index contributed by atoms with van der Waals surface area (Å²) in [7, 11) is 1.57. The number of nitrogen functional groups attached to an aromatic ring is 1. The van der Waals surface area contributed by atoms with Gasteiger partial charge in [0.1, 0.15) is 9.88 Å². The first-order valence-corrected chi connectivity index (χ1v) is 7.98. The summed E-state index contributed by atoms with van der Waals surface area (Å²) >= 11 is 1.31. The number of amides is 2. The molecule has 1 aliphatic heterocycles. The molecule has 1 fully saturated rings. The van der Waals surface area contributed by atoms with Crippen LogP contribution in [0.15, 0.2) is 0 Å². The van der Waals surface area contributed by atoms with Gasteiger partial charge in [0, 0.05) is 26.7 Å². The van der Waals surface area contributed by atoms with Crippen LogP contribution in [0, 0.1) is 5.92 Å². The zero-order valence-electron chi connectivity index (χ0n) is 12.7. The van der Waals surface area contributed by atoms with Gasteiger partial charge in [-0.2, -0.15) is 0 Å². The Balaban J connectivity index is 2.44. The normalized spacial score (nSPS) is 17.9. The fraction of sp³-hybridized carbons (Fsp3) is 0.571. The number of nitrogens with one attached hydrogen (secondary N) is 2. The molecule has 7 heteroatoms. The Hall–Kier alpha value is -1.76. The highest BCUT2D eigenvalue weighted by Gasteiger charge is 2.30. The second kappa shape index (κ2) is 6.34. The first-order valence-electron chi connectivity index (χ1n) is 7.17. The summed E-state index contributed by atoms with van der Waals surface area (Å²) in [5.41, 5.74) is 6.78. The smallest absolute Gasteiger partial charge is 0.263 e. The molecular formula is C14H22N4O2S. The van der Waals surface area contributed by atoms with Gasteiger partial charge in [0.05, 0.1) is 11.3 Å². The molecule has 2 heterocycles.